The van der Waals surface area contributed by atoms with Gasteiger partial charge in [0.15, 0.2) is 0 Å². The van der Waals surface area contributed by atoms with Crippen LogP contribution in [-0.4, -0.2) is 24.6 Å². The zero-order valence-corrected chi connectivity index (χ0v) is 18.4. The molecule has 3 aromatic rings. The van der Waals surface area contributed by atoms with Crippen molar-refractivity contribution in [2.24, 2.45) is 20.4 Å². The van der Waals surface area contributed by atoms with Crippen LogP contribution in [0.5, 0.6) is 0 Å². The van der Waals surface area contributed by atoms with Crippen LogP contribution in [0, 0.1) is 0 Å². The van der Waals surface area contributed by atoms with Crippen LogP contribution >= 0.6 is 34.8 Å². The van der Waals surface area contributed by atoms with E-state index < -0.39 is 0 Å². The quantitative estimate of drug-likeness (QED) is 0.280. The molecule has 3 rings (SSSR count). The molecule has 0 unspecified atom stereocenters. The van der Waals surface area contributed by atoms with Crippen molar-refractivity contribution in [2.75, 3.05) is 0 Å². The highest BCUT2D eigenvalue weighted by molar-refractivity contribution is 6.31. The summed E-state index contributed by atoms with van der Waals surface area (Å²) in [6, 6.07) is 21.7. The number of rotatable bonds is 6. The zero-order chi connectivity index (χ0) is 21.9. The zero-order valence-electron chi connectivity index (χ0n) is 16.1. The Hall–Kier alpha value is -3.19. The van der Waals surface area contributed by atoms with Crippen molar-refractivity contribution >= 4 is 59.4 Å². The predicted octanol–water partition coefficient (Wildman–Crippen LogP) is 5.58. The van der Waals surface area contributed by atoms with Crippen LogP contribution in [0.2, 0.25) is 15.1 Å². The van der Waals surface area contributed by atoms with E-state index in [-0.39, 0.29) is 5.96 Å². The van der Waals surface area contributed by atoms with E-state index in [1.54, 1.807) is 55.0 Å². The third kappa shape index (κ3) is 8.22. The maximum Gasteiger partial charge on any atom is 0.257 e. The first-order valence-corrected chi connectivity index (χ1v) is 10.2. The van der Waals surface area contributed by atoms with Gasteiger partial charge in [0.1, 0.15) is 0 Å². The molecule has 0 aliphatic heterocycles. The maximum atomic E-state index is 5.99. The molecular weight excluding hydrogens is 455 g/mol. The Bertz CT molecular complexity index is 1110. The molecular formula is C22H17Cl3N6. The lowest BCUT2D eigenvalue weighted by Crippen LogP contribution is -2.30. The van der Waals surface area contributed by atoms with E-state index in [4.69, 9.17) is 34.8 Å². The van der Waals surface area contributed by atoms with E-state index in [9.17, 15) is 0 Å². The number of nitrogens with zero attached hydrogens (tertiary/aromatic N) is 4. The van der Waals surface area contributed by atoms with E-state index in [0.29, 0.717) is 15.1 Å². The maximum absolute atomic E-state index is 5.99. The fourth-order valence-electron chi connectivity index (χ4n) is 2.24. The smallest absolute Gasteiger partial charge is 0.244 e. The third-order valence-corrected chi connectivity index (χ3v) is 4.46. The largest absolute Gasteiger partial charge is 0.257 e. The van der Waals surface area contributed by atoms with Crippen LogP contribution in [0.25, 0.3) is 0 Å². The summed E-state index contributed by atoms with van der Waals surface area (Å²) in [4.78, 5) is 0. The Morgan fingerprint density at radius 2 is 1.16 bits per heavy atom. The topological polar surface area (TPSA) is 73.5 Å². The highest BCUT2D eigenvalue weighted by Crippen LogP contribution is 2.09. The standard InChI is InChI=1S/C22H17Cl3N6/c23-19-8-4-16(5-9-19)13-26-29-22(30-27-14-17-6-10-20(24)11-7-17)31-28-15-18-2-1-3-21(25)12-18/h1-15H,(H2,29,30,31)/b26-13+,27-14+,28-15+. The summed E-state index contributed by atoms with van der Waals surface area (Å²) in [5, 5.41) is 18.4. The van der Waals surface area contributed by atoms with E-state index in [1.165, 1.54) is 0 Å². The van der Waals surface area contributed by atoms with Gasteiger partial charge in [0, 0.05) is 15.1 Å². The molecule has 156 valence electrons. The number of nitrogens with one attached hydrogen (secondary N) is 2. The van der Waals surface area contributed by atoms with Crippen molar-refractivity contribution in [2.45, 2.75) is 0 Å². The lowest BCUT2D eigenvalue weighted by molar-refractivity contribution is 0.890. The Morgan fingerprint density at radius 1 is 0.613 bits per heavy atom. The van der Waals surface area contributed by atoms with Crippen LogP contribution < -0.4 is 10.9 Å². The second kappa shape index (κ2) is 11.9. The Kier molecular flexibility index (Phi) is 8.60. The molecule has 0 saturated carbocycles. The van der Waals surface area contributed by atoms with E-state index in [2.05, 4.69) is 31.3 Å². The Morgan fingerprint density at radius 3 is 1.74 bits per heavy atom. The molecule has 2 N–H and O–H groups in total. The lowest BCUT2D eigenvalue weighted by atomic mass is 10.2. The van der Waals surface area contributed by atoms with Crippen molar-refractivity contribution in [1.82, 2.24) is 10.9 Å². The van der Waals surface area contributed by atoms with Crippen LogP contribution in [0.4, 0.5) is 0 Å². The van der Waals surface area contributed by atoms with Gasteiger partial charge in [-0.1, -0.05) is 71.2 Å². The van der Waals surface area contributed by atoms with Gasteiger partial charge in [0.2, 0.25) is 0 Å². The van der Waals surface area contributed by atoms with Crippen LogP contribution in [-0.2, 0) is 0 Å². The van der Waals surface area contributed by atoms with Gasteiger partial charge in [0.25, 0.3) is 5.96 Å². The number of guanidine groups is 1. The summed E-state index contributed by atoms with van der Waals surface area (Å²) in [5.41, 5.74) is 8.09. The molecule has 0 aliphatic rings. The molecule has 3 aromatic carbocycles. The summed E-state index contributed by atoms with van der Waals surface area (Å²) in [6.45, 7) is 0. The average Bonchev–Trinajstić information content (AvgIpc) is 2.76. The van der Waals surface area contributed by atoms with E-state index in [0.717, 1.165) is 16.7 Å². The van der Waals surface area contributed by atoms with Crippen LogP contribution in [0.3, 0.4) is 0 Å². The molecule has 9 heteroatoms. The highest BCUT2D eigenvalue weighted by atomic mass is 35.5. The van der Waals surface area contributed by atoms with Crippen molar-refractivity contribution in [3.8, 4) is 0 Å². The summed E-state index contributed by atoms with van der Waals surface area (Å²) in [6.07, 6.45) is 4.81. The first kappa shape index (κ1) is 22.5. The predicted molar refractivity (Wildman–Crippen MR) is 131 cm³/mol. The number of halogens is 3. The van der Waals surface area contributed by atoms with Crippen molar-refractivity contribution < 1.29 is 0 Å². The molecule has 0 bridgehead atoms. The normalized spacial score (nSPS) is 12.2. The summed E-state index contributed by atoms with van der Waals surface area (Å²) in [7, 11) is 0. The minimum Gasteiger partial charge on any atom is -0.244 e. The van der Waals surface area contributed by atoms with Gasteiger partial charge in [-0.05, 0) is 53.1 Å². The van der Waals surface area contributed by atoms with Crippen LogP contribution in [0.1, 0.15) is 16.7 Å². The molecule has 31 heavy (non-hydrogen) atoms. The molecule has 0 aromatic heterocycles. The monoisotopic (exact) mass is 470 g/mol. The highest BCUT2D eigenvalue weighted by Gasteiger charge is 1.96. The molecule has 0 amide bonds. The van der Waals surface area contributed by atoms with Gasteiger partial charge >= 0.3 is 0 Å². The van der Waals surface area contributed by atoms with Gasteiger partial charge in [-0.25, -0.2) is 10.9 Å². The van der Waals surface area contributed by atoms with Gasteiger partial charge in [0.05, 0.1) is 18.6 Å². The minimum absolute atomic E-state index is 0.216. The van der Waals surface area contributed by atoms with E-state index >= 15 is 0 Å². The minimum atomic E-state index is 0.216. The second-order valence-electron chi connectivity index (χ2n) is 6.09. The SMILES string of the molecule is Clc1ccc(/C=N/N=C(N/N=C/c2ccc(Cl)cc2)N/N=C/c2cccc(Cl)c2)cc1. The lowest BCUT2D eigenvalue weighted by Gasteiger charge is -2.03. The first-order valence-electron chi connectivity index (χ1n) is 9.04. The van der Waals surface area contributed by atoms with Gasteiger partial charge < -0.3 is 0 Å². The number of benzene rings is 3. The average molecular weight is 472 g/mol. The fraction of sp³-hybridized carbons (Fsp3) is 0. The molecule has 0 fully saturated rings. The molecule has 0 aliphatic carbocycles. The van der Waals surface area contributed by atoms with Crippen molar-refractivity contribution in [3.05, 3.63) is 105 Å². The number of hydrogen-bond acceptors (Lipinski definition) is 4. The fourth-order valence-corrected chi connectivity index (χ4v) is 2.69. The van der Waals surface area contributed by atoms with Gasteiger partial charge in [-0.15, -0.1) is 5.10 Å². The van der Waals surface area contributed by atoms with E-state index in [1.807, 2.05) is 36.4 Å². The Labute approximate surface area is 195 Å². The third-order valence-electron chi connectivity index (χ3n) is 3.72. The Balaban J connectivity index is 1.70. The summed E-state index contributed by atoms with van der Waals surface area (Å²) < 4.78 is 0. The van der Waals surface area contributed by atoms with Gasteiger partial charge in [-0.3, -0.25) is 0 Å². The molecule has 0 radical (unpaired) electrons. The molecule has 6 nitrogen and oxygen atoms in total. The number of hydrogen-bond donors (Lipinski definition) is 2. The van der Waals surface area contributed by atoms with Crippen molar-refractivity contribution in [3.63, 3.8) is 0 Å². The molecule has 0 heterocycles. The molecule has 0 saturated heterocycles. The van der Waals surface area contributed by atoms with Crippen LogP contribution in [0.15, 0.2) is 93.2 Å². The molecule has 0 spiro atoms. The van der Waals surface area contributed by atoms with Gasteiger partial charge in [-0.2, -0.15) is 15.3 Å². The summed E-state index contributed by atoms with van der Waals surface area (Å²) in [5.74, 6) is 0.216. The summed E-state index contributed by atoms with van der Waals surface area (Å²) >= 11 is 17.8. The van der Waals surface area contributed by atoms with Crippen molar-refractivity contribution in [1.29, 1.82) is 0 Å². The first-order chi connectivity index (χ1) is 15.1. The molecule has 0 atom stereocenters. The second-order valence-corrected chi connectivity index (χ2v) is 7.40. The number of hydrazone groups is 2.